The molecule has 0 bridgehead atoms. The maximum absolute atomic E-state index is 12.7. The van der Waals surface area contributed by atoms with Crippen LogP contribution in [0.15, 0.2) is 47.1 Å². The number of rotatable bonds is 4. The van der Waals surface area contributed by atoms with E-state index in [1.165, 1.54) is 7.11 Å². The predicted octanol–water partition coefficient (Wildman–Crippen LogP) is 3.64. The molecule has 2 aromatic heterocycles. The fourth-order valence-electron chi connectivity index (χ4n) is 3.53. The summed E-state index contributed by atoms with van der Waals surface area (Å²) in [6.45, 7) is 3.00. The van der Waals surface area contributed by atoms with E-state index < -0.39 is 5.97 Å². The molecule has 3 aromatic rings. The summed E-state index contributed by atoms with van der Waals surface area (Å²) in [5, 5.41) is 6.93. The van der Waals surface area contributed by atoms with Crippen LogP contribution in [-0.2, 0) is 4.74 Å². The number of nitrogens with zero attached hydrogens (tertiary/aromatic N) is 4. The Morgan fingerprint density at radius 3 is 2.71 bits per heavy atom. The molecule has 1 aliphatic heterocycles. The minimum Gasteiger partial charge on any atom is -0.465 e. The molecule has 31 heavy (non-hydrogen) atoms. The van der Waals surface area contributed by atoms with Gasteiger partial charge in [-0.25, -0.2) is 9.59 Å². The highest BCUT2D eigenvalue weighted by molar-refractivity contribution is 5.94. The Kier molecular flexibility index (Phi) is 5.92. The van der Waals surface area contributed by atoms with E-state index in [1.807, 2.05) is 25.1 Å². The number of urea groups is 1. The van der Waals surface area contributed by atoms with Gasteiger partial charge in [0.1, 0.15) is 5.69 Å². The zero-order chi connectivity index (χ0) is 21.8. The lowest BCUT2D eigenvalue weighted by atomic mass is 9.97. The van der Waals surface area contributed by atoms with Gasteiger partial charge < -0.3 is 19.5 Å². The van der Waals surface area contributed by atoms with Crippen molar-refractivity contribution < 1.29 is 18.8 Å². The SMILES string of the molecule is COC(=O)c1ccc(C)c(NC(=O)N2CCC(c3nc(-c4ccccn4)no3)CC2)c1. The average molecular weight is 421 g/mol. The van der Waals surface area contributed by atoms with Gasteiger partial charge in [0.25, 0.3) is 0 Å². The summed E-state index contributed by atoms with van der Waals surface area (Å²) in [6, 6.07) is 10.4. The predicted molar refractivity (Wildman–Crippen MR) is 113 cm³/mol. The Balaban J connectivity index is 1.37. The van der Waals surface area contributed by atoms with Gasteiger partial charge >= 0.3 is 12.0 Å². The van der Waals surface area contributed by atoms with E-state index in [0.717, 1.165) is 18.4 Å². The van der Waals surface area contributed by atoms with Crippen LogP contribution in [0.25, 0.3) is 11.5 Å². The van der Waals surface area contributed by atoms with Gasteiger partial charge in [0, 0.05) is 30.9 Å². The van der Waals surface area contributed by atoms with Crippen molar-refractivity contribution in [1.29, 1.82) is 0 Å². The smallest absolute Gasteiger partial charge is 0.337 e. The van der Waals surface area contributed by atoms with Gasteiger partial charge in [-0.1, -0.05) is 17.3 Å². The van der Waals surface area contributed by atoms with Gasteiger partial charge in [-0.15, -0.1) is 0 Å². The molecule has 0 saturated carbocycles. The molecule has 4 rings (SSSR count). The number of esters is 1. The lowest BCUT2D eigenvalue weighted by molar-refractivity contribution is 0.0600. The topological polar surface area (TPSA) is 110 Å². The Morgan fingerprint density at radius 2 is 2.00 bits per heavy atom. The maximum Gasteiger partial charge on any atom is 0.337 e. The Morgan fingerprint density at radius 1 is 1.19 bits per heavy atom. The summed E-state index contributed by atoms with van der Waals surface area (Å²) < 4.78 is 10.2. The van der Waals surface area contributed by atoms with Crippen LogP contribution >= 0.6 is 0 Å². The van der Waals surface area contributed by atoms with E-state index in [4.69, 9.17) is 9.26 Å². The molecule has 160 valence electrons. The van der Waals surface area contributed by atoms with Crippen molar-refractivity contribution in [3.8, 4) is 11.5 Å². The second kappa shape index (κ2) is 8.95. The normalized spacial score (nSPS) is 14.3. The Labute approximate surface area is 179 Å². The number of piperidine rings is 1. The zero-order valence-electron chi connectivity index (χ0n) is 17.4. The number of likely N-dealkylation sites (tertiary alicyclic amines) is 1. The highest BCUT2D eigenvalue weighted by Gasteiger charge is 2.28. The van der Waals surface area contributed by atoms with Gasteiger partial charge in [-0.2, -0.15) is 4.98 Å². The monoisotopic (exact) mass is 421 g/mol. The van der Waals surface area contributed by atoms with Gasteiger partial charge in [-0.05, 0) is 49.6 Å². The molecule has 0 unspecified atom stereocenters. The van der Waals surface area contributed by atoms with E-state index in [2.05, 4.69) is 20.4 Å². The van der Waals surface area contributed by atoms with Crippen LogP contribution in [0.5, 0.6) is 0 Å². The first-order chi connectivity index (χ1) is 15.0. The highest BCUT2D eigenvalue weighted by atomic mass is 16.5. The van der Waals surface area contributed by atoms with Crippen LogP contribution in [0.1, 0.15) is 40.6 Å². The molecule has 0 aliphatic carbocycles. The zero-order valence-corrected chi connectivity index (χ0v) is 17.4. The minimum absolute atomic E-state index is 0.0957. The number of ether oxygens (including phenoxy) is 1. The van der Waals surface area contributed by atoms with Crippen LogP contribution in [-0.4, -0.2) is 52.2 Å². The molecular weight excluding hydrogens is 398 g/mol. The summed E-state index contributed by atoms with van der Waals surface area (Å²) >= 11 is 0. The van der Waals surface area contributed by atoms with Crippen LogP contribution in [0.2, 0.25) is 0 Å². The van der Waals surface area contributed by atoms with Crippen molar-refractivity contribution in [2.24, 2.45) is 0 Å². The Bertz CT molecular complexity index is 1070. The molecule has 1 N–H and O–H groups in total. The fourth-order valence-corrected chi connectivity index (χ4v) is 3.53. The molecule has 3 heterocycles. The number of methoxy groups -OCH3 is 1. The number of aryl methyl sites for hydroxylation is 1. The first-order valence-electron chi connectivity index (χ1n) is 10.0. The molecular formula is C22H23N5O4. The maximum atomic E-state index is 12.7. The van der Waals surface area contributed by atoms with Gasteiger partial charge in [0.15, 0.2) is 0 Å². The summed E-state index contributed by atoms with van der Waals surface area (Å²) in [5.41, 5.74) is 2.51. The molecule has 1 saturated heterocycles. The van der Waals surface area contributed by atoms with Gasteiger partial charge in [-0.3, -0.25) is 4.98 Å². The third-order valence-electron chi connectivity index (χ3n) is 5.37. The number of aromatic nitrogens is 3. The summed E-state index contributed by atoms with van der Waals surface area (Å²) in [7, 11) is 1.33. The summed E-state index contributed by atoms with van der Waals surface area (Å²) in [4.78, 5) is 35.0. The number of anilines is 1. The van der Waals surface area contributed by atoms with Crippen molar-refractivity contribution in [3.63, 3.8) is 0 Å². The van der Waals surface area contributed by atoms with E-state index in [0.29, 0.717) is 41.7 Å². The first-order valence-corrected chi connectivity index (χ1v) is 10.0. The number of carbonyl (C=O) groups excluding carboxylic acids is 2. The third kappa shape index (κ3) is 4.55. The molecule has 9 nitrogen and oxygen atoms in total. The van der Waals surface area contributed by atoms with E-state index in [-0.39, 0.29) is 11.9 Å². The van der Waals surface area contributed by atoms with Crippen LogP contribution in [0.4, 0.5) is 10.5 Å². The largest absolute Gasteiger partial charge is 0.465 e. The van der Waals surface area contributed by atoms with Gasteiger partial charge in [0.2, 0.25) is 11.7 Å². The van der Waals surface area contributed by atoms with Crippen molar-refractivity contribution in [1.82, 2.24) is 20.0 Å². The molecule has 2 amide bonds. The highest BCUT2D eigenvalue weighted by Crippen LogP contribution is 2.28. The first kappa shape index (κ1) is 20.5. The second-order valence-electron chi connectivity index (χ2n) is 7.38. The number of hydrogen-bond donors (Lipinski definition) is 1. The molecule has 9 heteroatoms. The standard InChI is InChI=1S/C22H23N5O4/c1-14-6-7-16(21(28)30-2)13-18(14)24-22(29)27-11-8-15(9-12-27)20-25-19(26-31-20)17-5-3-4-10-23-17/h3-7,10,13,15H,8-9,11-12H2,1-2H3,(H,24,29). The number of nitrogens with one attached hydrogen (secondary N) is 1. The lowest BCUT2D eigenvalue weighted by Gasteiger charge is -2.30. The molecule has 0 spiro atoms. The summed E-state index contributed by atoms with van der Waals surface area (Å²) in [6.07, 6.45) is 3.13. The van der Waals surface area contributed by atoms with Gasteiger partial charge in [0.05, 0.1) is 12.7 Å². The second-order valence-corrected chi connectivity index (χ2v) is 7.38. The number of carbonyl (C=O) groups is 2. The summed E-state index contributed by atoms with van der Waals surface area (Å²) in [5.74, 6) is 0.693. The number of amides is 2. The number of hydrogen-bond acceptors (Lipinski definition) is 7. The molecule has 1 fully saturated rings. The van der Waals surface area contributed by atoms with E-state index in [9.17, 15) is 9.59 Å². The van der Waals surface area contributed by atoms with Crippen LogP contribution in [0, 0.1) is 6.92 Å². The minimum atomic E-state index is -0.444. The van der Waals surface area contributed by atoms with Crippen LogP contribution < -0.4 is 5.32 Å². The van der Waals surface area contributed by atoms with Crippen LogP contribution in [0.3, 0.4) is 0 Å². The molecule has 1 aliphatic rings. The Hall–Kier alpha value is -3.75. The fraction of sp³-hybridized carbons (Fsp3) is 0.318. The molecule has 0 atom stereocenters. The lowest BCUT2D eigenvalue weighted by Crippen LogP contribution is -2.40. The number of pyridine rings is 1. The van der Waals surface area contributed by atoms with E-state index >= 15 is 0 Å². The molecule has 1 aromatic carbocycles. The van der Waals surface area contributed by atoms with Crippen molar-refractivity contribution in [2.75, 3.05) is 25.5 Å². The third-order valence-corrected chi connectivity index (χ3v) is 5.37. The van der Waals surface area contributed by atoms with Crippen molar-refractivity contribution >= 4 is 17.7 Å². The van der Waals surface area contributed by atoms with Crippen molar-refractivity contribution in [3.05, 3.63) is 59.6 Å². The number of benzene rings is 1. The van der Waals surface area contributed by atoms with E-state index in [1.54, 1.807) is 29.3 Å². The molecule has 0 radical (unpaired) electrons. The van der Waals surface area contributed by atoms with Crippen molar-refractivity contribution in [2.45, 2.75) is 25.7 Å². The average Bonchev–Trinajstić information content (AvgIpc) is 3.31. The quantitative estimate of drug-likeness (QED) is 0.640.